The number of anilines is 1. The molecular weight excluding hydrogens is 330 g/mol. The summed E-state index contributed by atoms with van der Waals surface area (Å²) in [6.45, 7) is 1.69. The molecular formula is C17H19NO5S. The van der Waals surface area contributed by atoms with Gasteiger partial charge in [0.2, 0.25) is 0 Å². The van der Waals surface area contributed by atoms with Crippen LogP contribution in [0.5, 0.6) is 11.5 Å². The highest BCUT2D eigenvalue weighted by Crippen LogP contribution is 2.30. The Bertz CT molecular complexity index is 875. The maximum Gasteiger partial charge on any atom is 0.255 e. The van der Waals surface area contributed by atoms with Crippen molar-refractivity contribution in [3.8, 4) is 11.5 Å². The molecule has 0 radical (unpaired) electrons. The van der Waals surface area contributed by atoms with Crippen LogP contribution >= 0.6 is 0 Å². The number of rotatable bonds is 5. The fraction of sp³-hybridized carbons (Fsp3) is 0.235. The summed E-state index contributed by atoms with van der Waals surface area (Å²) in [7, 11) is -0.374. The molecule has 0 fully saturated rings. The van der Waals surface area contributed by atoms with Gasteiger partial charge < -0.3 is 14.8 Å². The first-order valence-corrected chi connectivity index (χ1v) is 8.99. The number of methoxy groups -OCH3 is 2. The fourth-order valence-electron chi connectivity index (χ4n) is 2.26. The van der Waals surface area contributed by atoms with Crippen LogP contribution in [0.3, 0.4) is 0 Å². The Morgan fingerprint density at radius 3 is 2.25 bits per heavy atom. The smallest absolute Gasteiger partial charge is 0.255 e. The summed E-state index contributed by atoms with van der Waals surface area (Å²) >= 11 is 0. The molecule has 6 nitrogen and oxygen atoms in total. The lowest BCUT2D eigenvalue weighted by Gasteiger charge is -2.11. The van der Waals surface area contributed by atoms with Gasteiger partial charge in [0.25, 0.3) is 5.91 Å². The third-order valence-electron chi connectivity index (χ3n) is 3.49. The van der Waals surface area contributed by atoms with Gasteiger partial charge in [0.15, 0.2) is 21.3 Å². The number of hydrogen-bond acceptors (Lipinski definition) is 5. The molecule has 0 aromatic heterocycles. The molecule has 0 aliphatic rings. The van der Waals surface area contributed by atoms with Gasteiger partial charge in [-0.15, -0.1) is 0 Å². The molecule has 0 aliphatic heterocycles. The third kappa shape index (κ3) is 3.86. The van der Waals surface area contributed by atoms with Crippen molar-refractivity contribution in [2.24, 2.45) is 0 Å². The second-order valence-corrected chi connectivity index (χ2v) is 7.26. The van der Waals surface area contributed by atoms with Crippen LogP contribution in [-0.2, 0) is 9.84 Å². The Hall–Kier alpha value is -2.54. The molecule has 128 valence electrons. The van der Waals surface area contributed by atoms with Crippen LogP contribution in [0.25, 0.3) is 0 Å². The van der Waals surface area contributed by atoms with E-state index in [9.17, 15) is 13.2 Å². The van der Waals surface area contributed by atoms with Crippen LogP contribution in [0, 0.1) is 6.92 Å². The SMILES string of the molecule is COc1ccc(NC(=O)c2ccc(C)c(S(C)(=O)=O)c2)cc1OC. The third-order valence-corrected chi connectivity index (χ3v) is 4.73. The summed E-state index contributed by atoms with van der Waals surface area (Å²) in [5.41, 5.74) is 1.37. The number of hydrogen-bond donors (Lipinski definition) is 1. The number of carbonyl (C=O) groups is 1. The highest BCUT2D eigenvalue weighted by molar-refractivity contribution is 7.90. The Kier molecular flexibility index (Phi) is 5.14. The Labute approximate surface area is 141 Å². The van der Waals surface area contributed by atoms with Gasteiger partial charge in [0, 0.05) is 23.6 Å². The predicted octanol–water partition coefficient (Wildman–Crippen LogP) is 2.67. The van der Waals surface area contributed by atoms with Gasteiger partial charge in [-0.3, -0.25) is 4.79 Å². The van der Waals surface area contributed by atoms with E-state index in [2.05, 4.69) is 5.32 Å². The van der Waals surface area contributed by atoms with Gasteiger partial charge in [-0.25, -0.2) is 8.42 Å². The molecule has 2 aromatic carbocycles. The van der Waals surface area contributed by atoms with Crippen molar-refractivity contribution in [1.82, 2.24) is 0 Å². The minimum Gasteiger partial charge on any atom is -0.493 e. The lowest BCUT2D eigenvalue weighted by Crippen LogP contribution is -2.13. The summed E-state index contributed by atoms with van der Waals surface area (Å²) in [5, 5.41) is 2.71. The van der Waals surface area contributed by atoms with Crippen molar-refractivity contribution in [3.63, 3.8) is 0 Å². The zero-order valence-electron chi connectivity index (χ0n) is 13.9. The van der Waals surface area contributed by atoms with E-state index < -0.39 is 15.7 Å². The van der Waals surface area contributed by atoms with Gasteiger partial charge in [0.05, 0.1) is 19.1 Å². The lowest BCUT2D eigenvalue weighted by atomic mass is 10.1. The quantitative estimate of drug-likeness (QED) is 0.897. The zero-order chi connectivity index (χ0) is 17.9. The lowest BCUT2D eigenvalue weighted by molar-refractivity contribution is 0.102. The second-order valence-electron chi connectivity index (χ2n) is 5.28. The molecule has 0 heterocycles. The van der Waals surface area contributed by atoms with Gasteiger partial charge in [-0.2, -0.15) is 0 Å². The van der Waals surface area contributed by atoms with Gasteiger partial charge in [-0.1, -0.05) is 6.07 Å². The van der Waals surface area contributed by atoms with Gasteiger partial charge in [0.1, 0.15) is 0 Å². The van der Waals surface area contributed by atoms with Crippen molar-refractivity contribution in [1.29, 1.82) is 0 Å². The molecule has 0 saturated heterocycles. The van der Waals surface area contributed by atoms with E-state index in [0.717, 1.165) is 6.26 Å². The molecule has 1 amide bonds. The maximum absolute atomic E-state index is 12.4. The number of carbonyl (C=O) groups excluding carboxylic acids is 1. The fourth-order valence-corrected chi connectivity index (χ4v) is 3.25. The van der Waals surface area contributed by atoms with E-state index in [-0.39, 0.29) is 10.5 Å². The van der Waals surface area contributed by atoms with Crippen molar-refractivity contribution >= 4 is 21.4 Å². The van der Waals surface area contributed by atoms with E-state index in [1.54, 1.807) is 37.3 Å². The van der Waals surface area contributed by atoms with Crippen LogP contribution < -0.4 is 14.8 Å². The summed E-state index contributed by atoms with van der Waals surface area (Å²) < 4.78 is 33.9. The zero-order valence-corrected chi connectivity index (χ0v) is 14.7. The van der Waals surface area contributed by atoms with Crippen molar-refractivity contribution in [2.75, 3.05) is 25.8 Å². The van der Waals surface area contributed by atoms with E-state index in [1.165, 1.54) is 20.3 Å². The molecule has 2 aromatic rings. The summed E-state index contributed by atoms with van der Waals surface area (Å²) in [5.74, 6) is 0.619. The van der Waals surface area contributed by atoms with E-state index in [4.69, 9.17) is 9.47 Å². The molecule has 0 atom stereocenters. The van der Waals surface area contributed by atoms with Crippen LogP contribution in [-0.4, -0.2) is 34.8 Å². The molecule has 0 aliphatic carbocycles. The van der Waals surface area contributed by atoms with Gasteiger partial charge >= 0.3 is 0 Å². The van der Waals surface area contributed by atoms with Crippen molar-refractivity contribution in [3.05, 3.63) is 47.5 Å². The number of sulfone groups is 1. The van der Waals surface area contributed by atoms with Crippen LogP contribution in [0.1, 0.15) is 15.9 Å². The first-order valence-electron chi connectivity index (χ1n) is 7.10. The average Bonchev–Trinajstić information content (AvgIpc) is 2.53. The number of ether oxygens (including phenoxy) is 2. The number of aryl methyl sites for hydroxylation is 1. The van der Waals surface area contributed by atoms with Crippen LogP contribution in [0.4, 0.5) is 5.69 Å². The van der Waals surface area contributed by atoms with Crippen LogP contribution in [0.2, 0.25) is 0 Å². The van der Waals surface area contributed by atoms with Crippen molar-refractivity contribution < 1.29 is 22.7 Å². The first kappa shape index (κ1) is 17.8. The molecule has 0 spiro atoms. The molecule has 2 rings (SSSR count). The molecule has 24 heavy (non-hydrogen) atoms. The maximum atomic E-state index is 12.4. The van der Waals surface area contributed by atoms with Crippen LogP contribution in [0.15, 0.2) is 41.3 Å². The molecule has 0 bridgehead atoms. The molecule has 7 heteroatoms. The number of nitrogens with one attached hydrogen (secondary N) is 1. The largest absolute Gasteiger partial charge is 0.493 e. The van der Waals surface area contributed by atoms with E-state index in [0.29, 0.717) is 22.7 Å². The number of amides is 1. The topological polar surface area (TPSA) is 81.7 Å². The predicted molar refractivity (Wildman–Crippen MR) is 91.8 cm³/mol. The minimum absolute atomic E-state index is 0.141. The van der Waals surface area contributed by atoms with E-state index in [1.807, 2.05) is 0 Å². The van der Waals surface area contributed by atoms with E-state index >= 15 is 0 Å². The van der Waals surface area contributed by atoms with Crippen molar-refractivity contribution in [2.45, 2.75) is 11.8 Å². The summed E-state index contributed by atoms with van der Waals surface area (Å²) in [6.07, 6.45) is 1.12. The Morgan fingerprint density at radius 2 is 1.67 bits per heavy atom. The molecule has 1 N–H and O–H groups in total. The average molecular weight is 349 g/mol. The summed E-state index contributed by atoms with van der Waals surface area (Å²) in [6, 6.07) is 9.54. The number of benzene rings is 2. The Morgan fingerprint density at radius 1 is 1.00 bits per heavy atom. The standard InChI is InChI=1S/C17H19NO5S/c1-11-5-6-12(9-16(11)24(4,20)21)17(19)18-13-7-8-14(22-2)15(10-13)23-3/h5-10H,1-4H3,(H,18,19). The second kappa shape index (κ2) is 6.92. The molecule has 0 saturated carbocycles. The monoisotopic (exact) mass is 349 g/mol. The van der Waals surface area contributed by atoms with Gasteiger partial charge in [-0.05, 0) is 36.8 Å². The Balaban J connectivity index is 2.31. The minimum atomic E-state index is -3.40. The molecule has 0 unspecified atom stereocenters. The summed E-state index contributed by atoms with van der Waals surface area (Å²) in [4.78, 5) is 12.5. The highest BCUT2D eigenvalue weighted by Gasteiger charge is 2.15. The normalized spacial score (nSPS) is 11.0. The first-order chi connectivity index (χ1) is 11.3. The highest BCUT2D eigenvalue weighted by atomic mass is 32.2.